The van der Waals surface area contributed by atoms with E-state index in [2.05, 4.69) is 9.97 Å². The van der Waals surface area contributed by atoms with Crippen molar-refractivity contribution in [3.63, 3.8) is 0 Å². The van der Waals surface area contributed by atoms with Crippen LogP contribution in [0.25, 0.3) is 22.2 Å². The second-order valence-electron chi connectivity index (χ2n) is 7.65. The Morgan fingerprint density at radius 3 is 2.75 bits per heavy atom. The van der Waals surface area contributed by atoms with Gasteiger partial charge in [-0.15, -0.1) is 0 Å². The van der Waals surface area contributed by atoms with Crippen LogP contribution in [-0.2, 0) is 11.3 Å². The van der Waals surface area contributed by atoms with Crippen LogP contribution in [-0.4, -0.2) is 46.8 Å². The smallest absolute Gasteiger partial charge is 0.266 e. The van der Waals surface area contributed by atoms with Gasteiger partial charge in [0.2, 0.25) is 0 Å². The number of hydrogen-bond donors (Lipinski definition) is 0. The predicted molar refractivity (Wildman–Crippen MR) is 117 cm³/mol. The monoisotopic (exact) mass is 466 g/mol. The van der Waals surface area contributed by atoms with Crippen LogP contribution >= 0.6 is 11.6 Å². The summed E-state index contributed by atoms with van der Waals surface area (Å²) in [5.74, 6) is 0.199. The highest BCUT2D eigenvalue weighted by atomic mass is 35.5. The molecule has 2 aromatic heterocycles. The number of pyridine rings is 1. The fourth-order valence-corrected chi connectivity index (χ4v) is 4.05. The van der Waals surface area contributed by atoms with E-state index in [1.165, 1.54) is 16.7 Å². The molecule has 1 aromatic carbocycles. The van der Waals surface area contributed by atoms with E-state index in [9.17, 15) is 18.0 Å². The zero-order chi connectivity index (χ0) is 23.0. The average Bonchev–Trinajstić information content (AvgIpc) is 2.76. The zero-order valence-electron chi connectivity index (χ0n) is 17.6. The molecule has 10 heteroatoms. The summed E-state index contributed by atoms with van der Waals surface area (Å²) < 4.78 is 48.0. The van der Waals surface area contributed by atoms with Crippen LogP contribution in [0.4, 0.5) is 19.0 Å². The van der Waals surface area contributed by atoms with Crippen LogP contribution in [0.2, 0.25) is 5.02 Å². The van der Waals surface area contributed by atoms with Crippen molar-refractivity contribution in [2.45, 2.75) is 39.3 Å². The average molecular weight is 467 g/mol. The fraction of sp³-hybridized carbons (Fsp3) is 0.409. The molecule has 0 N–H and O–H groups in total. The Bertz CT molecular complexity index is 1220. The van der Waals surface area contributed by atoms with Crippen molar-refractivity contribution in [2.24, 2.45) is 0 Å². The first-order valence-electron chi connectivity index (χ1n) is 10.3. The van der Waals surface area contributed by atoms with Gasteiger partial charge in [0, 0.05) is 29.7 Å². The molecule has 1 aliphatic rings. The van der Waals surface area contributed by atoms with Gasteiger partial charge in [-0.05, 0) is 31.5 Å². The van der Waals surface area contributed by atoms with Crippen molar-refractivity contribution < 1.29 is 17.9 Å². The van der Waals surface area contributed by atoms with Crippen LogP contribution in [0.1, 0.15) is 19.2 Å². The van der Waals surface area contributed by atoms with Crippen molar-refractivity contribution in [2.75, 3.05) is 24.6 Å². The molecule has 6 nitrogen and oxygen atoms in total. The van der Waals surface area contributed by atoms with Crippen LogP contribution in [0.3, 0.4) is 0 Å². The Kier molecular flexibility index (Phi) is 6.39. The molecule has 0 amide bonds. The van der Waals surface area contributed by atoms with Gasteiger partial charge in [0.15, 0.2) is 0 Å². The van der Waals surface area contributed by atoms with E-state index in [1.54, 1.807) is 17.9 Å². The number of fused-ring (bicyclic) bond motifs is 1. The molecule has 32 heavy (non-hydrogen) atoms. The molecule has 1 saturated heterocycles. The topological polar surface area (TPSA) is 60.3 Å². The van der Waals surface area contributed by atoms with Crippen molar-refractivity contribution in [3.8, 4) is 11.3 Å². The van der Waals surface area contributed by atoms with Gasteiger partial charge < -0.3 is 9.64 Å². The van der Waals surface area contributed by atoms with Gasteiger partial charge in [-0.2, -0.15) is 0 Å². The molecule has 0 radical (unpaired) electrons. The van der Waals surface area contributed by atoms with Crippen LogP contribution in [0, 0.1) is 12.7 Å². The van der Waals surface area contributed by atoms with E-state index in [1.807, 2.05) is 6.92 Å². The maximum absolute atomic E-state index is 14.9. The molecular weight excluding hydrogens is 445 g/mol. The van der Waals surface area contributed by atoms with Crippen LogP contribution in [0.5, 0.6) is 0 Å². The molecule has 0 spiro atoms. The maximum atomic E-state index is 14.9. The quantitative estimate of drug-likeness (QED) is 0.556. The normalized spacial score (nSPS) is 16.8. The first-order valence-corrected chi connectivity index (χ1v) is 10.7. The van der Waals surface area contributed by atoms with Crippen molar-refractivity contribution in [1.29, 1.82) is 0 Å². The molecule has 170 valence electrons. The third-order valence-electron chi connectivity index (χ3n) is 5.45. The highest BCUT2D eigenvalue weighted by molar-refractivity contribution is 6.30. The number of hydrogen-bond acceptors (Lipinski definition) is 5. The number of morpholine rings is 1. The van der Waals surface area contributed by atoms with Crippen LogP contribution in [0.15, 0.2) is 29.1 Å². The lowest BCUT2D eigenvalue weighted by molar-refractivity contribution is -0.0615. The van der Waals surface area contributed by atoms with E-state index >= 15 is 0 Å². The Labute approximate surface area is 187 Å². The summed E-state index contributed by atoms with van der Waals surface area (Å²) in [5, 5.41) is 0.379. The number of aryl methyl sites for hydroxylation is 1. The number of anilines is 1. The predicted octanol–water partition coefficient (Wildman–Crippen LogP) is 4.44. The molecule has 0 saturated carbocycles. The Balaban J connectivity index is 1.97. The summed E-state index contributed by atoms with van der Waals surface area (Å²) in [6.07, 6.45) is -3.19. The van der Waals surface area contributed by atoms with Gasteiger partial charge in [-0.1, -0.05) is 18.5 Å². The number of alkyl halides is 2. The minimum atomic E-state index is -2.65. The summed E-state index contributed by atoms with van der Waals surface area (Å²) in [4.78, 5) is 24.1. The number of benzene rings is 1. The lowest BCUT2D eigenvalue weighted by Crippen LogP contribution is -2.46. The van der Waals surface area contributed by atoms with Gasteiger partial charge >= 0.3 is 0 Å². The molecule has 0 aliphatic carbocycles. The zero-order valence-corrected chi connectivity index (χ0v) is 18.4. The summed E-state index contributed by atoms with van der Waals surface area (Å²) in [6.45, 7) is 4.47. The standard InChI is InChI=1S/C22H22ClF3N4O2/c1-3-6-30-12(2)27-16-10-18(29-7-8-32-17(11-29)21(25)26)28-20(19(16)22(30)31)14-5-4-13(23)9-15(14)24/h4-5,9-10,17,21H,3,6-8,11H2,1-2H3. The molecule has 4 rings (SSSR count). The first kappa shape index (κ1) is 22.5. The largest absolute Gasteiger partial charge is 0.369 e. The maximum Gasteiger partial charge on any atom is 0.266 e. The molecule has 3 aromatic rings. The first-order chi connectivity index (χ1) is 15.3. The van der Waals surface area contributed by atoms with E-state index < -0.39 is 18.3 Å². The fourth-order valence-electron chi connectivity index (χ4n) is 3.90. The second-order valence-corrected chi connectivity index (χ2v) is 8.09. The highest BCUT2D eigenvalue weighted by Gasteiger charge is 2.30. The highest BCUT2D eigenvalue weighted by Crippen LogP contribution is 2.32. The van der Waals surface area contributed by atoms with Gasteiger partial charge in [0.1, 0.15) is 23.6 Å². The van der Waals surface area contributed by atoms with Gasteiger partial charge in [0.25, 0.3) is 12.0 Å². The van der Waals surface area contributed by atoms with Crippen LogP contribution < -0.4 is 10.5 Å². The second kappa shape index (κ2) is 9.07. The lowest BCUT2D eigenvalue weighted by atomic mass is 10.1. The lowest BCUT2D eigenvalue weighted by Gasteiger charge is -2.33. The third-order valence-corrected chi connectivity index (χ3v) is 5.68. The SMILES string of the molecule is CCCn1c(C)nc2cc(N3CCOC(C(F)F)C3)nc(-c3ccc(Cl)cc3F)c2c1=O. The van der Waals surface area contributed by atoms with Gasteiger partial charge in [0.05, 0.1) is 29.7 Å². The van der Waals surface area contributed by atoms with Crippen molar-refractivity contribution >= 4 is 28.3 Å². The molecule has 1 atom stereocenters. The Morgan fingerprint density at radius 2 is 2.06 bits per heavy atom. The molecule has 1 aliphatic heterocycles. The number of nitrogens with zero attached hydrogens (tertiary/aromatic N) is 4. The van der Waals surface area contributed by atoms with Gasteiger partial charge in [-0.3, -0.25) is 9.36 Å². The molecule has 1 fully saturated rings. The molecule has 0 bridgehead atoms. The van der Waals surface area contributed by atoms with E-state index in [-0.39, 0.29) is 40.4 Å². The Hall–Kier alpha value is -2.65. The van der Waals surface area contributed by atoms with E-state index in [0.29, 0.717) is 36.7 Å². The Morgan fingerprint density at radius 1 is 1.28 bits per heavy atom. The summed E-state index contributed by atoms with van der Waals surface area (Å²) in [5.41, 5.74) is 0.194. The van der Waals surface area contributed by atoms with Gasteiger partial charge in [-0.25, -0.2) is 23.1 Å². The molecule has 3 heterocycles. The number of halogens is 4. The van der Waals surface area contributed by atoms with E-state index in [0.717, 1.165) is 6.07 Å². The molecule has 1 unspecified atom stereocenters. The minimum absolute atomic E-state index is 0.0788. The summed E-state index contributed by atoms with van der Waals surface area (Å²) >= 11 is 5.91. The van der Waals surface area contributed by atoms with Crippen molar-refractivity contribution in [3.05, 3.63) is 51.3 Å². The molecular formula is C22H22ClF3N4O2. The number of aromatic nitrogens is 3. The van der Waals surface area contributed by atoms with Crippen molar-refractivity contribution in [1.82, 2.24) is 14.5 Å². The number of rotatable bonds is 5. The number of ether oxygens (including phenoxy) is 1. The third kappa shape index (κ3) is 4.19. The minimum Gasteiger partial charge on any atom is -0.369 e. The summed E-state index contributed by atoms with van der Waals surface area (Å²) in [7, 11) is 0. The summed E-state index contributed by atoms with van der Waals surface area (Å²) in [6, 6.07) is 5.69. The van der Waals surface area contributed by atoms with E-state index in [4.69, 9.17) is 16.3 Å².